The minimum absolute atomic E-state index is 0.262. The first-order valence-corrected chi connectivity index (χ1v) is 5.51. The Hall–Kier alpha value is -1.26. The molecule has 4 N–H and O–H groups in total. The highest BCUT2D eigenvalue weighted by molar-refractivity contribution is 5.46. The lowest BCUT2D eigenvalue weighted by atomic mass is 10.1. The highest BCUT2D eigenvalue weighted by atomic mass is 16.5. The molecule has 0 fully saturated rings. The van der Waals surface area contributed by atoms with E-state index in [2.05, 4.69) is 5.32 Å². The molecule has 90 valence electrons. The molecule has 0 aliphatic carbocycles. The largest absolute Gasteiger partial charge is 0.508 e. The molecule has 0 amide bonds. The number of rotatable bonds is 7. The quantitative estimate of drug-likeness (QED) is 0.615. The predicted molar refractivity (Wildman–Crippen MR) is 65.7 cm³/mol. The van der Waals surface area contributed by atoms with Crippen molar-refractivity contribution in [1.82, 2.24) is 0 Å². The molecule has 1 aromatic rings. The van der Waals surface area contributed by atoms with Crippen molar-refractivity contribution in [3.05, 3.63) is 24.3 Å². The van der Waals surface area contributed by atoms with Crippen LogP contribution in [0.4, 0.5) is 5.69 Å². The number of phenolic OH excluding ortho intramolecular Hbond substituents is 1. The summed E-state index contributed by atoms with van der Waals surface area (Å²) in [6.07, 6.45) is 1.95. The van der Waals surface area contributed by atoms with E-state index in [0.717, 1.165) is 18.5 Å². The van der Waals surface area contributed by atoms with Crippen LogP contribution in [0.3, 0.4) is 0 Å². The molecule has 0 spiro atoms. The third-order valence-corrected chi connectivity index (χ3v) is 2.36. The van der Waals surface area contributed by atoms with Crippen molar-refractivity contribution >= 4 is 5.69 Å². The van der Waals surface area contributed by atoms with Crippen LogP contribution < -0.4 is 11.1 Å². The Bertz CT molecular complexity index is 288. The number of benzene rings is 1. The molecule has 1 unspecified atom stereocenters. The lowest BCUT2D eigenvalue weighted by molar-refractivity contribution is 0.182. The van der Waals surface area contributed by atoms with Crippen LogP contribution in [0, 0.1) is 0 Å². The van der Waals surface area contributed by atoms with Gasteiger partial charge in [0.25, 0.3) is 0 Å². The topological polar surface area (TPSA) is 67.5 Å². The van der Waals surface area contributed by atoms with Gasteiger partial charge in [0.15, 0.2) is 0 Å². The average molecular weight is 224 g/mol. The van der Waals surface area contributed by atoms with Crippen LogP contribution in [-0.4, -0.2) is 31.4 Å². The van der Waals surface area contributed by atoms with Crippen molar-refractivity contribution in [2.24, 2.45) is 5.73 Å². The second-order valence-corrected chi connectivity index (χ2v) is 3.77. The maximum Gasteiger partial charge on any atom is 0.115 e. The summed E-state index contributed by atoms with van der Waals surface area (Å²) in [4.78, 5) is 0. The van der Waals surface area contributed by atoms with Crippen molar-refractivity contribution in [2.75, 3.05) is 25.6 Å². The van der Waals surface area contributed by atoms with Crippen LogP contribution in [0.1, 0.15) is 12.8 Å². The van der Waals surface area contributed by atoms with Gasteiger partial charge >= 0.3 is 0 Å². The van der Waals surface area contributed by atoms with Crippen LogP contribution in [0.5, 0.6) is 5.75 Å². The number of phenols is 1. The van der Waals surface area contributed by atoms with Crippen molar-refractivity contribution < 1.29 is 9.84 Å². The van der Waals surface area contributed by atoms with Gasteiger partial charge in [0, 0.05) is 18.8 Å². The minimum Gasteiger partial charge on any atom is -0.508 e. The fourth-order valence-corrected chi connectivity index (χ4v) is 1.56. The molecule has 0 saturated carbocycles. The zero-order valence-electron chi connectivity index (χ0n) is 9.65. The first-order valence-electron chi connectivity index (χ1n) is 5.51. The van der Waals surface area contributed by atoms with Gasteiger partial charge < -0.3 is 20.9 Å². The molecule has 16 heavy (non-hydrogen) atoms. The summed E-state index contributed by atoms with van der Waals surface area (Å²) in [6, 6.07) is 7.28. The van der Waals surface area contributed by atoms with Gasteiger partial charge in [-0.15, -0.1) is 0 Å². The second kappa shape index (κ2) is 7.09. The van der Waals surface area contributed by atoms with Crippen molar-refractivity contribution in [3.63, 3.8) is 0 Å². The van der Waals surface area contributed by atoms with E-state index in [1.807, 2.05) is 12.1 Å². The van der Waals surface area contributed by atoms with Crippen LogP contribution >= 0.6 is 0 Å². The van der Waals surface area contributed by atoms with Gasteiger partial charge in [0.1, 0.15) is 5.75 Å². The second-order valence-electron chi connectivity index (χ2n) is 3.77. The third kappa shape index (κ3) is 4.51. The Kier molecular flexibility index (Phi) is 5.67. The lowest BCUT2D eigenvalue weighted by Crippen LogP contribution is -2.25. The van der Waals surface area contributed by atoms with Crippen molar-refractivity contribution in [3.8, 4) is 5.75 Å². The number of nitrogens with one attached hydrogen (secondary N) is 1. The molecule has 1 atom stereocenters. The number of aromatic hydroxyl groups is 1. The summed E-state index contributed by atoms with van der Waals surface area (Å²) >= 11 is 0. The number of anilines is 1. The predicted octanol–water partition coefficient (Wildman–Crippen LogP) is 1.56. The SMILES string of the molecule is COCC(CCCN)Nc1ccc(O)cc1. The number of ether oxygens (including phenoxy) is 1. The molecule has 4 heteroatoms. The van der Waals surface area contributed by atoms with Gasteiger partial charge in [-0.05, 0) is 43.7 Å². The van der Waals surface area contributed by atoms with Crippen LogP contribution in [0.25, 0.3) is 0 Å². The van der Waals surface area contributed by atoms with Gasteiger partial charge in [-0.2, -0.15) is 0 Å². The summed E-state index contributed by atoms with van der Waals surface area (Å²) in [7, 11) is 1.69. The van der Waals surface area contributed by atoms with E-state index in [9.17, 15) is 0 Å². The molecule has 0 aliphatic rings. The fraction of sp³-hybridized carbons (Fsp3) is 0.500. The highest BCUT2D eigenvalue weighted by Gasteiger charge is 2.07. The molecule has 1 aromatic carbocycles. The van der Waals surface area contributed by atoms with Crippen LogP contribution in [-0.2, 0) is 4.74 Å². The molecular formula is C12H20N2O2. The summed E-state index contributed by atoms with van der Waals surface area (Å²) < 4.78 is 5.14. The third-order valence-electron chi connectivity index (χ3n) is 2.36. The summed E-state index contributed by atoms with van der Waals surface area (Å²) in [5, 5.41) is 12.5. The van der Waals surface area contributed by atoms with E-state index in [-0.39, 0.29) is 11.8 Å². The number of methoxy groups -OCH3 is 1. The van der Waals surface area contributed by atoms with Gasteiger partial charge in [0.05, 0.1) is 6.61 Å². The summed E-state index contributed by atoms with van der Waals surface area (Å²) in [5.41, 5.74) is 6.47. The lowest BCUT2D eigenvalue weighted by Gasteiger charge is -2.18. The molecule has 0 radical (unpaired) electrons. The fourth-order valence-electron chi connectivity index (χ4n) is 1.56. The molecule has 0 aromatic heterocycles. The maximum absolute atomic E-state index is 9.17. The van der Waals surface area contributed by atoms with Gasteiger partial charge in [-0.1, -0.05) is 0 Å². The Morgan fingerprint density at radius 2 is 2.06 bits per heavy atom. The van der Waals surface area contributed by atoms with Gasteiger partial charge in [-0.3, -0.25) is 0 Å². The van der Waals surface area contributed by atoms with E-state index < -0.39 is 0 Å². The van der Waals surface area contributed by atoms with Gasteiger partial charge in [0.2, 0.25) is 0 Å². The Balaban J connectivity index is 2.49. The van der Waals surface area contributed by atoms with E-state index in [1.165, 1.54) is 0 Å². The van der Waals surface area contributed by atoms with Gasteiger partial charge in [-0.25, -0.2) is 0 Å². The van der Waals surface area contributed by atoms with Crippen LogP contribution in [0.15, 0.2) is 24.3 Å². The highest BCUT2D eigenvalue weighted by Crippen LogP contribution is 2.15. The molecular weight excluding hydrogens is 204 g/mol. The zero-order chi connectivity index (χ0) is 11.8. The first kappa shape index (κ1) is 12.8. The van der Waals surface area contributed by atoms with Crippen molar-refractivity contribution in [1.29, 1.82) is 0 Å². The van der Waals surface area contributed by atoms with E-state index in [1.54, 1.807) is 19.2 Å². The maximum atomic E-state index is 9.17. The zero-order valence-corrected chi connectivity index (χ0v) is 9.65. The molecule has 0 bridgehead atoms. The number of hydrogen-bond donors (Lipinski definition) is 3. The smallest absolute Gasteiger partial charge is 0.115 e. The average Bonchev–Trinajstić information content (AvgIpc) is 2.29. The number of nitrogens with two attached hydrogens (primary N) is 1. The molecule has 4 nitrogen and oxygen atoms in total. The Labute approximate surface area is 96.4 Å². The van der Waals surface area contributed by atoms with Crippen LogP contribution in [0.2, 0.25) is 0 Å². The molecule has 0 aliphatic heterocycles. The number of hydrogen-bond acceptors (Lipinski definition) is 4. The Morgan fingerprint density at radius 1 is 1.38 bits per heavy atom. The molecule has 0 heterocycles. The normalized spacial score (nSPS) is 12.4. The van der Waals surface area contributed by atoms with E-state index >= 15 is 0 Å². The van der Waals surface area contributed by atoms with Crippen molar-refractivity contribution in [2.45, 2.75) is 18.9 Å². The van der Waals surface area contributed by atoms with E-state index in [4.69, 9.17) is 15.6 Å². The summed E-state index contributed by atoms with van der Waals surface area (Å²) in [5.74, 6) is 0.274. The summed E-state index contributed by atoms with van der Waals surface area (Å²) in [6.45, 7) is 1.35. The standard InChI is InChI=1S/C12H20N2O2/c1-16-9-11(3-2-8-13)14-10-4-6-12(15)7-5-10/h4-7,11,14-15H,2-3,8-9,13H2,1H3. The minimum atomic E-state index is 0.262. The van der Waals surface area contributed by atoms with E-state index in [0.29, 0.717) is 13.2 Å². The monoisotopic (exact) mass is 224 g/mol. The first-order chi connectivity index (χ1) is 7.76. The Morgan fingerprint density at radius 3 is 2.62 bits per heavy atom. The molecule has 1 rings (SSSR count). The molecule has 0 saturated heterocycles.